The fraction of sp³-hybridized carbons (Fsp3) is 0.636. The molecule has 6 amide bonds. The molecule has 3 aliphatic heterocycles. The Hall–Kier alpha value is -2.12. The highest BCUT2D eigenvalue weighted by molar-refractivity contribution is 6.02. The number of rotatable bonds is 1. The third-order valence-corrected chi connectivity index (χ3v) is 3.68. The van der Waals surface area contributed by atoms with Crippen molar-refractivity contribution in [3.05, 3.63) is 0 Å². The number of carbonyl (C=O) groups is 4. The number of hydrogen-bond acceptors (Lipinski definition) is 4. The lowest BCUT2D eigenvalue weighted by atomic mass is 10.1. The van der Waals surface area contributed by atoms with E-state index in [4.69, 9.17) is 0 Å². The lowest BCUT2D eigenvalue weighted by Crippen LogP contribution is -2.64. The van der Waals surface area contributed by atoms with Crippen LogP contribution in [0, 0.1) is 0 Å². The van der Waals surface area contributed by atoms with Gasteiger partial charge in [0.05, 0.1) is 6.04 Å². The Morgan fingerprint density at radius 3 is 2.26 bits per heavy atom. The number of urea groups is 2. The predicted octanol–water partition coefficient (Wildman–Crippen LogP) is -1.04. The van der Waals surface area contributed by atoms with E-state index in [1.165, 1.54) is 9.80 Å². The number of amides is 6. The van der Waals surface area contributed by atoms with E-state index in [2.05, 4.69) is 5.32 Å². The Morgan fingerprint density at radius 1 is 1.11 bits per heavy atom. The van der Waals surface area contributed by atoms with Gasteiger partial charge in [-0.15, -0.1) is 0 Å². The molecule has 0 bridgehead atoms. The van der Waals surface area contributed by atoms with Crippen molar-refractivity contribution in [2.75, 3.05) is 26.2 Å². The van der Waals surface area contributed by atoms with Crippen LogP contribution in [0.1, 0.15) is 12.8 Å². The average molecular weight is 266 g/mol. The highest BCUT2D eigenvalue weighted by Gasteiger charge is 2.44. The van der Waals surface area contributed by atoms with Gasteiger partial charge in [-0.2, -0.15) is 0 Å². The molecular weight excluding hydrogens is 252 g/mol. The summed E-state index contributed by atoms with van der Waals surface area (Å²) in [6, 6.07) is -0.968. The largest absolute Gasteiger partial charge is 0.336 e. The molecule has 3 aliphatic rings. The predicted molar refractivity (Wildman–Crippen MR) is 61.9 cm³/mol. The zero-order valence-corrected chi connectivity index (χ0v) is 10.3. The van der Waals surface area contributed by atoms with Crippen LogP contribution in [0.3, 0.4) is 0 Å². The van der Waals surface area contributed by atoms with Crippen LogP contribution in [0.25, 0.3) is 0 Å². The summed E-state index contributed by atoms with van der Waals surface area (Å²) in [7, 11) is 0. The molecule has 0 aromatic carbocycles. The summed E-state index contributed by atoms with van der Waals surface area (Å²) < 4.78 is 0. The fourth-order valence-corrected chi connectivity index (χ4v) is 2.60. The van der Waals surface area contributed by atoms with Crippen LogP contribution in [0.5, 0.6) is 0 Å². The summed E-state index contributed by atoms with van der Waals surface area (Å²) >= 11 is 0. The summed E-state index contributed by atoms with van der Waals surface area (Å²) in [5, 5.41) is 2.55. The monoisotopic (exact) mass is 266 g/mol. The number of nitrogens with one attached hydrogen (secondary N) is 1. The number of nitrogens with zero attached hydrogens (tertiary/aromatic N) is 3. The number of imide groups is 2. The highest BCUT2D eigenvalue weighted by atomic mass is 16.2. The van der Waals surface area contributed by atoms with Gasteiger partial charge in [0.1, 0.15) is 0 Å². The maximum atomic E-state index is 12.0. The maximum absolute atomic E-state index is 12.0. The molecule has 0 saturated carbocycles. The van der Waals surface area contributed by atoms with E-state index in [1.807, 2.05) is 0 Å². The SMILES string of the molecule is O=C1NCCN1C(=O)N1CC(N2C(=O)CCC2=O)C1. The van der Waals surface area contributed by atoms with Gasteiger partial charge in [-0.05, 0) is 0 Å². The van der Waals surface area contributed by atoms with E-state index in [0.29, 0.717) is 26.2 Å². The first kappa shape index (κ1) is 11.9. The van der Waals surface area contributed by atoms with Crippen molar-refractivity contribution in [3.63, 3.8) is 0 Å². The first-order valence-corrected chi connectivity index (χ1v) is 6.27. The molecule has 1 N–H and O–H groups in total. The zero-order chi connectivity index (χ0) is 13.6. The second kappa shape index (κ2) is 4.22. The van der Waals surface area contributed by atoms with E-state index < -0.39 is 0 Å². The standard InChI is InChI=1S/C11H14N4O4/c16-8-1-2-9(17)15(8)7-5-13(6-7)11(19)14-4-3-12-10(14)18/h7H,1-6H2,(H,12,18). The van der Waals surface area contributed by atoms with Crippen LogP contribution >= 0.6 is 0 Å². The molecule has 0 aromatic rings. The fourth-order valence-electron chi connectivity index (χ4n) is 2.60. The van der Waals surface area contributed by atoms with Crippen LogP contribution in [0.2, 0.25) is 0 Å². The average Bonchev–Trinajstić information content (AvgIpc) is 2.87. The van der Waals surface area contributed by atoms with E-state index in [1.54, 1.807) is 0 Å². The van der Waals surface area contributed by atoms with Gasteiger partial charge >= 0.3 is 12.1 Å². The molecule has 8 nitrogen and oxygen atoms in total. The van der Waals surface area contributed by atoms with Crippen LogP contribution < -0.4 is 5.32 Å². The van der Waals surface area contributed by atoms with Crippen LogP contribution in [-0.4, -0.2) is 70.8 Å². The van der Waals surface area contributed by atoms with E-state index in [9.17, 15) is 19.2 Å². The molecule has 102 valence electrons. The molecule has 0 unspecified atom stereocenters. The van der Waals surface area contributed by atoms with Gasteiger partial charge in [-0.25, -0.2) is 14.5 Å². The minimum Gasteiger partial charge on any atom is -0.336 e. The van der Waals surface area contributed by atoms with Crippen LogP contribution in [0.4, 0.5) is 9.59 Å². The van der Waals surface area contributed by atoms with Gasteiger partial charge < -0.3 is 10.2 Å². The van der Waals surface area contributed by atoms with Crippen molar-refractivity contribution in [3.8, 4) is 0 Å². The van der Waals surface area contributed by atoms with Crippen molar-refractivity contribution >= 4 is 23.9 Å². The van der Waals surface area contributed by atoms with Crippen molar-refractivity contribution in [1.29, 1.82) is 0 Å². The quantitative estimate of drug-likeness (QED) is 0.614. The molecular formula is C11H14N4O4. The highest BCUT2D eigenvalue weighted by Crippen LogP contribution is 2.23. The molecule has 0 atom stereocenters. The lowest BCUT2D eigenvalue weighted by Gasteiger charge is -2.43. The number of hydrogen-bond donors (Lipinski definition) is 1. The molecule has 0 aromatic heterocycles. The van der Waals surface area contributed by atoms with E-state index in [-0.39, 0.29) is 42.8 Å². The van der Waals surface area contributed by atoms with Gasteiger partial charge in [0.15, 0.2) is 0 Å². The summed E-state index contributed by atoms with van der Waals surface area (Å²) in [4.78, 5) is 50.3. The Kier molecular flexibility index (Phi) is 2.65. The maximum Gasteiger partial charge on any atom is 0.328 e. The molecule has 8 heteroatoms. The Labute approximate surface area is 109 Å². The minimum atomic E-state index is -0.387. The summed E-state index contributed by atoms with van der Waals surface area (Å²) in [5.74, 6) is -0.331. The second-order valence-electron chi connectivity index (χ2n) is 4.88. The normalized spacial score (nSPS) is 24.0. The Balaban J connectivity index is 1.58. The van der Waals surface area contributed by atoms with Crippen LogP contribution in [-0.2, 0) is 9.59 Å². The van der Waals surface area contributed by atoms with E-state index >= 15 is 0 Å². The van der Waals surface area contributed by atoms with Crippen molar-refractivity contribution in [2.24, 2.45) is 0 Å². The number of carbonyl (C=O) groups excluding carboxylic acids is 4. The van der Waals surface area contributed by atoms with Crippen molar-refractivity contribution < 1.29 is 19.2 Å². The topological polar surface area (TPSA) is 90.0 Å². The number of likely N-dealkylation sites (tertiary alicyclic amines) is 2. The van der Waals surface area contributed by atoms with E-state index in [0.717, 1.165) is 4.90 Å². The zero-order valence-electron chi connectivity index (χ0n) is 10.3. The van der Waals surface area contributed by atoms with Gasteiger partial charge in [0.2, 0.25) is 11.8 Å². The third-order valence-electron chi connectivity index (χ3n) is 3.68. The smallest absolute Gasteiger partial charge is 0.328 e. The first-order chi connectivity index (χ1) is 9.08. The molecule has 3 rings (SSSR count). The minimum absolute atomic E-state index is 0.166. The van der Waals surface area contributed by atoms with Crippen molar-refractivity contribution in [2.45, 2.75) is 18.9 Å². The molecule has 0 radical (unpaired) electrons. The molecule has 3 heterocycles. The Morgan fingerprint density at radius 2 is 1.74 bits per heavy atom. The summed E-state index contributed by atoms with van der Waals surface area (Å²) in [6.07, 6.45) is 0.523. The summed E-state index contributed by atoms with van der Waals surface area (Å²) in [5.41, 5.74) is 0. The van der Waals surface area contributed by atoms with Gasteiger partial charge in [0, 0.05) is 39.0 Å². The summed E-state index contributed by atoms with van der Waals surface area (Å²) in [6.45, 7) is 1.46. The van der Waals surface area contributed by atoms with Gasteiger partial charge in [-0.3, -0.25) is 14.5 Å². The van der Waals surface area contributed by atoms with Crippen LogP contribution in [0.15, 0.2) is 0 Å². The molecule has 19 heavy (non-hydrogen) atoms. The van der Waals surface area contributed by atoms with Gasteiger partial charge in [-0.1, -0.05) is 0 Å². The third kappa shape index (κ3) is 1.83. The lowest BCUT2D eigenvalue weighted by molar-refractivity contribution is -0.144. The Bertz CT molecular complexity index is 455. The van der Waals surface area contributed by atoms with Gasteiger partial charge in [0.25, 0.3) is 0 Å². The first-order valence-electron chi connectivity index (χ1n) is 6.27. The second-order valence-corrected chi connectivity index (χ2v) is 4.88. The molecule has 3 fully saturated rings. The van der Waals surface area contributed by atoms with Crippen molar-refractivity contribution in [1.82, 2.24) is 20.0 Å². The molecule has 0 spiro atoms. The molecule has 0 aliphatic carbocycles. The molecule has 3 saturated heterocycles.